The Balaban J connectivity index is 1.82. The van der Waals surface area contributed by atoms with E-state index in [-0.39, 0.29) is 17.5 Å². The van der Waals surface area contributed by atoms with Gasteiger partial charge in [-0.1, -0.05) is 0 Å². The van der Waals surface area contributed by atoms with Crippen molar-refractivity contribution in [2.45, 2.75) is 12.8 Å². The summed E-state index contributed by atoms with van der Waals surface area (Å²) >= 11 is 1.44. The summed E-state index contributed by atoms with van der Waals surface area (Å²) in [6.45, 7) is 1.45. The lowest BCUT2D eigenvalue weighted by Crippen LogP contribution is -2.36. The van der Waals surface area contributed by atoms with Crippen LogP contribution in [0.2, 0.25) is 0 Å². The highest BCUT2D eigenvalue weighted by Gasteiger charge is 2.23. The van der Waals surface area contributed by atoms with E-state index in [0.717, 1.165) is 25.9 Å². The van der Waals surface area contributed by atoms with Crippen molar-refractivity contribution in [2.24, 2.45) is 0 Å². The van der Waals surface area contributed by atoms with Gasteiger partial charge in [0.25, 0.3) is 11.8 Å². The Kier molecular flexibility index (Phi) is 4.39. The van der Waals surface area contributed by atoms with E-state index < -0.39 is 0 Å². The first-order chi connectivity index (χ1) is 10.7. The van der Waals surface area contributed by atoms with E-state index in [4.69, 9.17) is 4.42 Å². The number of rotatable bonds is 4. The van der Waals surface area contributed by atoms with Crippen molar-refractivity contribution >= 4 is 29.2 Å². The monoisotopic (exact) mass is 316 g/mol. The number of hydrogen-bond acceptors (Lipinski definition) is 4. The zero-order valence-corrected chi connectivity index (χ0v) is 12.8. The SMILES string of the molecule is O=C(N/C(=C/c1ccco1)C(=O)N1CCCC1)c1ccsc1. The van der Waals surface area contributed by atoms with E-state index >= 15 is 0 Å². The molecule has 5 nitrogen and oxygen atoms in total. The van der Waals surface area contributed by atoms with Crippen molar-refractivity contribution in [1.82, 2.24) is 10.2 Å². The predicted octanol–water partition coefficient (Wildman–Crippen LogP) is 2.73. The third-order valence-corrected chi connectivity index (χ3v) is 4.17. The Hall–Kier alpha value is -2.34. The van der Waals surface area contributed by atoms with Gasteiger partial charge in [-0.3, -0.25) is 9.59 Å². The molecule has 0 aromatic carbocycles. The van der Waals surface area contributed by atoms with Gasteiger partial charge in [-0.2, -0.15) is 11.3 Å². The Labute approximate surface area is 132 Å². The minimum atomic E-state index is -0.286. The quantitative estimate of drug-likeness (QED) is 0.882. The first-order valence-electron chi connectivity index (χ1n) is 7.12. The van der Waals surface area contributed by atoms with Gasteiger partial charge in [0.15, 0.2) is 0 Å². The van der Waals surface area contributed by atoms with Crippen molar-refractivity contribution in [2.75, 3.05) is 13.1 Å². The van der Waals surface area contributed by atoms with Gasteiger partial charge in [0.05, 0.1) is 11.8 Å². The molecule has 0 spiro atoms. The molecule has 1 fully saturated rings. The highest BCUT2D eigenvalue weighted by molar-refractivity contribution is 7.08. The minimum absolute atomic E-state index is 0.169. The standard InChI is InChI=1S/C16H16N2O3S/c19-15(12-5-9-22-11-12)17-14(10-13-4-3-8-21-13)16(20)18-6-1-2-7-18/h3-5,8-11H,1-2,6-7H2,(H,17,19)/b14-10+. The molecule has 0 atom stereocenters. The zero-order chi connectivity index (χ0) is 15.4. The van der Waals surface area contributed by atoms with Gasteiger partial charge < -0.3 is 14.6 Å². The summed E-state index contributed by atoms with van der Waals surface area (Å²) in [5.74, 6) is 0.0808. The fourth-order valence-corrected chi connectivity index (χ4v) is 2.98. The number of amides is 2. The fourth-order valence-electron chi connectivity index (χ4n) is 2.35. The molecule has 22 heavy (non-hydrogen) atoms. The number of carbonyl (C=O) groups excluding carboxylic acids is 2. The summed E-state index contributed by atoms with van der Waals surface area (Å²) in [7, 11) is 0. The third kappa shape index (κ3) is 3.28. The molecule has 2 aromatic heterocycles. The van der Waals surface area contributed by atoms with E-state index in [1.807, 2.05) is 5.38 Å². The molecule has 0 bridgehead atoms. The van der Waals surface area contributed by atoms with Crippen LogP contribution >= 0.6 is 11.3 Å². The average molecular weight is 316 g/mol. The molecule has 0 aliphatic carbocycles. The van der Waals surface area contributed by atoms with Crippen molar-refractivity contribution < 1.29 is 14.0 Å². The van der Waals surface area contributed by atoms with Crippen LogP contribution in [-0.4, -0.2) is 29.8 Å². The average Bonchev–Trinajstić information content (AvgIpc) is 3.26. The van der Waals surface area contributed by atoms with Crippen molar-refractivity contribution in [3.05, 3.63) is 52.2 Å². The molecule has 3 heterocycles. The number of nitrogens with zero attached hydrogens (tertiary/aromatic N) is 1. The van der Waals surface area contributed by atoms with Crippen LogP contribution in [0.25, 0.3) is 6.08 Å². The maximum absolute atomic E-state index is 12.6. The van der Waals surface area contributed by atoms with Gasteiger partial charge >= 0.3 is 0 Å². The molecular formula is C16H16N2O3S. The Bertz CT molecular complexity index is 668. The van der Waals surface area contributed by atoms with Crippen LogP contribution < -0.4 is 5.32 Å². The first-order valence-corrected chi connectivity index (χ1v) is 8.06. The van der Waals surface area contributed by atoms with Crippen LogP contribution in [0, 0.1) is 0 Å². The van der Waals surface area contributed by atoms with E-state index in [9.17, 15) is 9.59 Å². The molecule has 0 unspecified atom stereocenters. The minimum Gasteiger partial charge on any atom is -0.465 e. The number of nitrogens with one attached hydrogen (secondary N) is 1. The molecule has 1 aliphatic rings. The number of furan rings is 1. The topological polar surface area (TPSA) is 62.6 Å². The number of likely N-dealkylation sites (tertiary alicyclic amines) is 1. The molecule has 0 saturated carbocycles. The molecule has 114 valence electrons. The van der Waals surface area contributed by atoms with Crippen molar-refractivity contribution in [3.63, 3.8) is 0 Å². The van der Waals surface area contributed by atoms with E-state index in [1.54, 1.807) is 34.6 Å². The molecule has 6 heteroatoms. The van der Waals surface area contributed by atoms with Gasteiger partial charge in [-0.05, 0) is 36.4 Å². The van der Waals surface area contributed by atoms with Crippen LogP contribution in [0.4, 0.5) is 0 Å². The van der Waals surface area contributed by atoms with E-state index in [0.29, 0.717) is 11.3 Å². The maximum Gasteiger partial charge on any atom is 0.270 e. The summed E-state index contributed by atoms with van der Waals surface area (Å²) < 4.78 is 5.25. The lowest BCUT2D eigenvalue weighted by molar-refractivity contribution is -0.126. The number of thiophene rings is 1. The van der Waals surface area contributed by atoms with Gasteiger partial charge in [0.1, 0.15) is 11.5 Å². The van der Waals surface area contributed by atoms with Gasteiger partial charge in [-0.15, -0.1) is 0 Å². The van der Waals surface area contributed by atoms with Gasteiger partial charge in [0, 0.05) is 24.5 Å². The molecule has 1 N–H and O–H groups in total. The molecular weight excluding hydrogens is 300 g/mol. The molecule has 2 aromatic rings. The Morgan fingerprint density at radius 1 is 1.27 bits per heavy atom. The van der Waals surface area contributed by atoms with Crippen LogP contribution in [0.15, 0.2) is 45.3 Å². The first kappa shape index (κ1) is 14.6. The van der Waals surface area contributed by atoms with Crippen LogP contribution in [0.5, 0.6) is 0 Å². The summed E-state index contributed by atoms with van der Waals surface area (Å²) in [6.07, 6.45) is 5.10. The van der Waals surface area contributed by atoms with Crippen LogP contribution in [0.1, 0.15) is 29.0 Å². The molecule has 1 saturated heterocycles. The highest BCUT2D eigenvalue weighted by Crippen LogP contribution is 2.15. The molecule has 1 aliphatic heterocycles. The molecule has 0 radical (unpaired) electrons. The number of carbonyl (C=O) groups is 2. The normalized spacial score (nSPS) is 15.1. The van der Waals surface area contributed by atoms with Crippen LogP contribution in [-0.2, 0) is 4.79 Å². The summed E-state index contributed by atoms with van der Waals surface area (Å²) in [4.78, 5) is 26.6. The fraction of sp³-hybridized carbons (Fsp3) is 0.250. The maximum atomic E-state index is 12.6. The van der Waals surface area contributed by atoms with Gasteiger partial charge in [0.2, 0.25) is 0 Å². The van der Waals surface area contributed by atoms with E-state index in [1.165, 1.54) is 17.6 Å². The lowest BCUT2D eigenvalue weighted by Gasteiger charge is -2.17. The van der Waals surface area contributed by atoms with Crippen molar-refractivity contribution in [3.8, 4) is 0 Å². The van der Waals surface area contributed by atoms with Crippen LogP contribution in [0.3, 0.4) is 0 Å². The summed E-state index contributed by atoms with van der Waals surface area (Å²) in [5.41, 5.74) is 0.789. The second kappa shape index (κ2) is 6.62. The van der Waals surface area contributed by atoms with Gasteiger partial charge in [-0.25, -0.2) is 0 Å². The third-order valence-electron chi connectivity index (χ3n) is 3.49. The van der Waals surface area contributed by atoms with Crippen molar-refractivity contribution in [1.29, 1.82) is 0 Å². The second-order valence-corrected chi connectivity index (χ2v) is 5.82. The molecule has 3 rings (SSSR count). The lowest BCUT2D eigenvalue weighted by atomic mass is 10.2. The second-order valence-electron chi connectivity index (χ2n) is 5.04. The summed E-state index contributed by atoms with van der Waals surface area (Å²) in [6, 6.07) is 5.21. The largest absolute Gasteiger partial charge is 0.465 e. The Morgan fingerprint density at radius 2 is 2.09 bits per heavy atom. The Morgan fingerprint density at radius 3 is 2.73 bits per heavy atom. The summed E-state index contributed by atoms with van der Waals surface area (Å²) in [5, 5.41) is 6.29. The smallest absolute Gasteiger partial charge is 0.270 e. The highest BCUT2D eigenvalue weighted by atomic mass is 32.1. The predicted molar refractivity (Wildman–Crippen MR) is 84.3 cm³/mol. The molecule has 2 amide bonds. The van der Waals surface area contributed by atoms with E-state index in [2.05, 4.69) is 5.32 Å². The number of hydrogen-bond donors (Lipinski definition) is 1. The zero-order valence-electron chi connectivity index (χ0n) is 12.0.